The molecule has 0 aliphatic rings. The lowest BCUT2D eigenvalue weighted by molar-refractivity contribution is 0.342. The summed E-state index contributed by atoms with van der Waals surface area (Å²) in [6, 6.07) is 9.44. The van der Waals surface area contributed by atoms with E-state index in [-0.39, 0.29) is 21.4 Å². The lowest BCUT2D eigenvalue weighted by Gasteiger charge is -2.14. The molecular weight excluding hydrogens is 317 g/mol. The molecule has 0 heterocycles. The third-order valence-corrected chi connectivity index (χ3v) is 4.27. The fourth-order valence-corrected chi connectivity index (χ4v) is 3.04. The summed E-state index contributed by atoms with van der Waals surface area (Å²) in [5.41, 5.74) is 0.202. The maximum atomic E-state index is 13.2. The normalized spacial score (nSPS) is 11.2. The second-order valence-corrected chi connectivity index (χ2v) is 6.20. The monoisotopic (exact) mass is 329 g/mol. The fraction of sp³-hybridized carbons (Fsp3) is 0.143. The van der Waals surface area contributed by atoms with Gasteiger partial charge in [-0.15, -0.1) is 0 Å². The van der Waals surface area contributed by atoms with Gasteiger partial charge in [0.2, 0.25) is 0 Å². The van der Waals surface area contributed by atoms with E-state index < -0.39 is 15.8 Å². The highest BCUT2D eigenvalue weighted by Crippen LogP contribution is 2.34. The molecule has 0 fully saturated rings. The number of para-hydroxylation sites is 1. The van der Waals surface area contributed by atoms with Crippen LogP contribution in [0.25, 0.3) is 0 Å². The molecule has 0 saturated carbocycles. The van der Waals surface area contributed by atoms with E-state index in [1.807, 2.05) is 0 Å². The summed E-state index contributed by atoms with van der Waals surface area (Å²) in [5, 5.41) is 0.288. The first-order valence-corrected chi connectivity index (χ1v) is 8.00. The van der Waals surface area contributed by atoms with Gasteiger partial charge >= 0.3 is 0 Å². The highest BCUT2D eigenvalue weighted by atomic mass is 35.5. The minimum atomic E-state index is -3.92. The Hall–Kier alpha value is -1.79. The first-order chi connectivity index (χ1) is 9.94. The van der Waals surface area contributed by atoms with Gasteiger partial charge in [-0.1, -0.05) is 23.7 Å². The molecular formula is C14H13ClFNO3S. The molecule has 2 aromatic carbocycles. The number of anilines is 1. The molecule has 4 nitrogen and oxygen atoms in total. The van der Waals surface area contributed by atoms with Gasteiger partial charge in [0.25, 0.3) is 10.0 Å². The van der Waals surface area contributed by atoms with Gasteiger partial charge in [0.05, 0.1) is 22.2 Å². The summed E-state index contributed by atoms with van der Waals surface area (Å²) in [4.78, 5) is -0.176. The summed E-state index contributed by atoms with van der Waals surface area (Å²) in [7, 11) is -3.92. The average molecular weight is 330 g/mol. The number of hydrogen-bond donors (Lipinski definition) is 1. The number of nitrogens with one attached hydrogen (secondary N) is 1. The molecule has 0 amide bonds. The highest BCUT2D eigenvalue weighted by molar-refractivity contribution is 7.92. The van der Waals surface area contributed by atoms with E-state index in [1.165, 1.54) is 24.3 Å². The molecule has 2 aromatic rings. The van der Waals surface area contributed by atoms with Crippen LogP contribution in [-0.4, -0.2) is 15.0 Å². The minimum Gasteiger partial charge on any atom is -0.490 e. The van der Waals surface area contributed by atoms with Crippen molar-refractivity contribution in [3.63, 3.8) is 0 Å². The van der Waals surface area contributed by atoms with Crippen molar-refractivity contribution in [1.82, 2.24) is 0 Å². The van der Waals surface area contributed by atoms with E-state index in [0.29, 0.717) is 6.61 Å². The molecule has 112 valence electrons. The smallest absolute Gasteiger partial charge is 0.262 e. The van der Waals surface area contributed by atoms with Crippen molar-refractivity contribution in [2.75, 3.05) is 11.3 Å². The van der Waals surface area contributed by atoms with E-state index in [9.17, 15) is 12.8 Å². The predicted molar refractivity (Wildman–Crippen MR) is 79.8 cm³/mol. The van der Waals surface area contributed by atoms with Gasteiger partial charge in [-0.05, 0) is 37.3 Å². The van der Waals surface area contributed by atoms with Crippen LogP contribution in [0, 0.1) is 5.82 Å². The zero-order valence-corrected chi connectivity index (χ0v) is 12.7. The first kappa shape index (κ1) is 15.6. The zero-order valence-electron chi connectivity index (χ0n) is 11.1. The van der Waals surface area contributed by atoms with E-state index in [2.05, 4.69) is 4.72 Å². The third-order valence-electron chi connectivity index (χ3n) is 2.61. The molecule has 2 rings (SSSR count). The Balaban J connectivity index is 2.39. The van der Waals surface area contributed by atoms with E-state index in [1.54, 1.807) is 19.1 Å². The maximum absolute atomic E-state index is 13.2. The van der Waals surface area contributed by atoms with Crippen molar-refractivity contribution >= 4 is 27.3 Å². The number of ether oxygens (including phenoxy) is 1. The van der Waals surface area contributed by atoms with Crippen LogP contribution in [0.3, 0.4) is 0 Å². The van der Waals surface area contributed by atoms with Crippen molar-refractivity contribution in [3.05, 3.63) is 53.3 Å². The fourth-order valence-electron chi connectivity index (χ4n) is 1.72. The average Bonchev–Trinajstić information content (AvgIpc) is 2.42. The molecule has 0 bridgehead atoms. The topological polar surface area (TPSA) is 55.4 Å². The molecule has 0 aromatic heterocycles. The number of hydrogen-bond acceptors (Lipinski definition) is 3. The summed E-state index contributed by atoms with van der Waals surface area (Å²) in [6.07, 6.45) is 0. The number of sulfonamides is 1. The Labute approximate surface area is 127 Å². The Morgan fingerprint density at radius 3 is 2.62 bits per heavy atom. The van der Waals surface area contributed by atoms with E-state index in [0.717, 1.165) is 6.07 Å². The van der Waals surface area contributed by atoms with Crippen molar-refractivity contribution in [1.29, 1.82) is 0 Å². The molecule has 0 unspecified atom stereocenters. The van der Waals surface area contributed by atoms with Crippen molar-refractivity contribution < 1.29 is 17.5 Å². The largest absolute Gasteiger partial charge is 0.490 e. The molecule has 1 N–H and O–H groups in total. The second kappa shape index (κ2) is 6.32. The lowest BCUT2D eigenvalue weighted by Crippen LogP contribution is -2.14. The van der Waals surface area contributed by atoms with Gasteiger partial charge in [-0.25, -0.2) is 12.8 Å². The van der Waals surface area contributed by atoms with E-state index >= 15 is 0 Å². The predicted octanol–water partition coefficient (Wildman–Crippen LogP) is 3.68. The highest BCUT2D eigenvalue weighted by Gasteiger charge is 2.18. The Morgan fingerprint density at radius 2 is 1.95 bits per heavy atom. The Kier molecular flexibility index (Phi) is 4.69. The lowest BCUT2D eigenvalue weighted by atomic mass is 10.3. The molecule has 7 heteroatoms. The molecule has 0 saturated heterocycles. The number of benzene rings is 2. The van der Waals surface area contributed by atoms with Gasteiger partial charge < -0.3 is 4.74 Å². The molecule has 21 heavy (non-hydrogen) atoms. The van der Waals surface area contributed by atoms with Gasteiger partial charge in [0.1, 0.15) is 5.82 Å². The van der Waals surface area contributed by atoms with Crippen LogP contribution in [0.2, 0.25) is 5.02 Å². The standard InChI is InChI=1S/C14H13ClFNO3S/c1-2-20-14-12(15)7-4-8-13(14)17-21(18,19)11-6-3-5-10(16)9-11/h3-9,17H,2H2,1H3. The summed E-state index contributed by atoms with van der Waals surface area (Å²) < 4.78 is 45.3. The minimum absolute atomic E-state index is 0.176. The van der Waals surface area contributed by atoms with Crippen LogP contribution < -0.4 is 9.46 Å². The summed E-state index contributed by atoms with van der Waals surface area (Å²) in [5.74, 6) is -0.393. The number of rotatable bonds is 5. The van der Waals surface area contributed by atoms with Gasteiger partial charge in [0.15, 0.2) is 5.75 Å². The van der Waals surface area contributed by atoms with Gasteiger partial charge in [-0.2, -0.15) is 0 Å². The maximum Gasteiger partial charge on any atom is 0.262 e. The van der Waals surface area contributed by atoms with E-state index in [4.69, 9.17) is 16.3 Å². The Bertz CT molecular complexity index is 750. The van der Waals surface area contributed by atoms with Crippen LogP contribution in [-0.2, 0) is 10.0 Å². The van der Waals surface area contributed by atoms with Gasteiger partial charge in [-0.3, -0.25) is 4.72 Å². The van der Waals surface area contributed by atoms with Crippen molar-refractivity contribution in [3.8, 4) is 5.75 Å². The molecule has 0 aliphatic heterocycles. The number of halogens is 2. The first-order valence-electron chi connectivity index (χ1n) is 6.13. The summed E-state index contributed by atoms with van der Waals surface area (Å²) >= 11 is 5.99. The molecule has 0 spiro atoms. The van der Waals surface area contributed by atoms with Gasteiger partial charge in [0, 0.05) is 0 Å². The SMILES string of the molecule is CCOc1c(Cl)cccc1NS(=O)(=O)c1cccc(F)c1. The van der Waals surface area contributed by atoms with Crippen LogP contribution in [0.1, 0.15) is 6.92 Å². The second-order valence-electron chi connectivity index (χ2n) is 4.11. The third kappa shape index (κ3) is 3.65. The van der Waals surface area contributed by atoms with Crippen molar-refractivity contribution in [2.24, 2.45) is 0 Å². The quantitative estimate of drug-likeness (QED) is 0.910. The van der Waals surface area contributed by atoms with Crippen LogP contribution in [0.5, 0.6) is 5.75 Å². The molecule has 0 radical (unpaired) electrons. The zero-order chi connectivity index (χ0) is 15.5. The summed E-state index contributed by atoms with van der Waals surface area (Å²) in [6.45, 7) is 2.09. The van der Waals surface area contributed by atoms with Crippen LogP contribution in [0.4, 0.5) is 10.1 Å². The van der Waals surface area contributed by atoms with Crippen molar-refractivity contribution in [2.45, 2.75) is 11.8 Å². The van der Waals surface area contributed by atoms with Crippen LogP contribution in [0.15, 0.2) is 47.4 Å². The van der Waals surface area contributed by atoms with Crippen LogP contribution >= 0.6 is 11.6 Å². The Morgan fingerprint density at radius 1 is 1.24 bits per heavy atom. The molecule has 0 atom stereocenters. The molecule has 0 aliphatic carbocycles.